The van der Waals surface area contributed by atoms with E-state index in [4.69, 9.17) is 21.1 Å². The van der Waals surface area contributed by atoms with Gasteiger partial charge in [-0.15, -0.1) is 0 Å². The molecule has 0 heterocycles. The third-order valence-electron chi connectivity index (χ3n) is 3.97. The Kier molecular flexibility index (Phi) is 5.74. The lowest BCUT2D eigenvalue weighted by Gasteiger charge is -2.21. The first-order chi connectivity index (χ1) is 10.2. The van der Waals surface area contributed by atoms with Gasteiger partial charge in [0.1, 0.15) is 0 Å². The van der Waals surface area contributed by atoms with Crippen molar-refractivity contribution in [3.05, 3.63) is 22.7 Å². The van der Waals surface area contributed by atoms with Gasteiger partial charge in [-0.3, -0.25) is 4.79 Å². The van der Waals surface area contributed by atoms with Crippen molar-refractivity contribution in [2.24, 2.45) is 5.92 Å². The summed E-state index contributed by atoms with van der Waals surface area (Å²) in [5.74, 6) is 1.39. The quantitative estimate of drug-likeness (QED) is 0.902. The fourth-order valence-corrected chi connectivity index (χ4v) is 3.07. The summed E-state index contributed by atoms with van der Waals surface area (Å²) in [7, 11) is 3.05. The molecule has 1 N–H and O–H groups in total. The number of benzene rings is 1. The molecular weight excluding hydrogens is 290 g/mol. The van der Waals surface area contributed by atoms with Gasteiger partial charge in [-0.25, -0.2) is 0 Å². The molecule has 0 aliphatic heterocycles. The number of methoxy groups -OCH3 is 2. The topological polar surface area (TPSA) is 47.6 Å². The van der Waals surface area contributed by atoms with Gasteiger partial charge in [-0.1, -0.05) is 30.9 Å². The van der Waals surface area contributed by atoms with Crippen LogP contribution in [0.15, 0.2) is 12.1 Å². The summed E-state index contributed by atoms with van der Waals surface area (Å²) >= 11 is 6.12. The maximum absolute atomic E-state index is 12.2. The molecule has 0 unspecified atom stereocenters. The van der Waals surface area contributed by atoms with E-state index >= 15 is 0 Å². The van der Waals surface area contributed by atoms with Gasteiger partial charge in [0.2, 0.25) is 0 Å². The molecule has 0 atom stereocenters. The van der Waals surface area contributed by atoms with Gasteiger partial charge in [0, 0.05) is 12.1 Å². The lowest BCUT2D eigenvalue weighted by atomic mass is 9.89. The second-order valence-corrected chi connectivity index (χ2v) is 5.81. The molecule has 0 saturated heterocycles. The fourth-order valence-electron chi connectivity index (χ4n) is 2.78. The van der Waals surface area contributed by atoms with Crippen molar-refractivity contribution in [1.29, 1.82) is 0 Å². The summed E-state index contributed by atoms with van der Waals surface area (Å²) in [5, 5.41) is 3.37. The molecule has 4 nitrogen and oxygen atoms in total. The zero-order chi connectivity index (χ0) is 15.2. The molecule has 21 heavy (non-hydrogen) atoms. The Hall–Kier alpha value is -1.42. The molecule has 0 bridgehead atoms. The van der Waals surface area contributed by atoms with Crippen LogP contribution in [0.4, 0.5) is 0 Å². The van der Waals surface area contributed by atoms with Crippen LogP contribution in [0.3, 0.4) is 0 Å². The number of nitrogens with one attached hydrogen (secondary N) is 1. The van der Waals surface area contributed by atoms with E-state index in [1.165, 1.54) is 46.3 Å². The molecule has 1 aromatic rings. The Morgan fingerprint density at radius 3 is 2.57 bits per heavy atom. The molecule has 2 rings (SSSR count). The van der Waals surface area contributed by atoms with Crippen LogP contribution >= 0.6 is 11.6 Å². The summed E-state index contributed by atoms with van der Waals surface area (Å²) in [6.07, 6.45) is 6.25. The number of hydrogen-bond donors (Lipinski definition) is 1. The van der Waals surface area contributed by atoms with E-state index in [1.54, 1.807) is 12.1 Å². The fraction of sp³-hybridized carbons (Fsp3) is 0.562. The minimum atomic E-state index is -0.122. The predicted molar refractivity (Wildman–Crippen MR) is 83.5 cm³/mol. The van der Waals surface area contributed by atoms with Gasteiger partial charge in [-0.2, -0.15) is 0 Å². The first-order valence-corrected chi connectivity index (χ1v) is 7.73. The molecule has 0 spiro atoms. The normalized spacial score (nSPS) is 15.6. The van der Waals surface area contributed by atoms with Gasteiger partial charge in [0.15, 0.2) is 11.5 Å². The molecule has 5 heteroatoms. The number of carbonyl (C=O) groups is 1. The molecule has 1 saturated carbocycles. The van der Waals surface area contributed by atoms with Crippen molar-refractivity contribution < 1.29 is 14.3 Å². The lowest BCUT2D eigenvalue weighted by Crippen LogP contribution is -2.30. The van der Waals surface area contributed by atoms with Crippen molar-refractivity contribution in [1.82, 2.24) is 5.32 Å². The lowest BCUT2D eigenvalue weighted by molar-refractivity contribution is 0.0943. The van der Waals surface area contributed by atoms with Crippen molar-refractivity contribution in [3.63, 3.8) is 0 Å². The second kappa shape index (κ2) is 7.55. The van der Waals surface area contributed by atoms with Crippen molar-refractivity contribution in [2.75, 3.05) is 20.8 Å². The monoisotopic (exact) mass is 311 g/mol. The molecule has 1 fully saturated rings. The Morgan fingerprint density at radius 2 is 1.95 bits per heavy atom. The standard InChI is InChI=1S/C16H22ClNO3/c1-20-14-9-12(8-13(17)15(14)21-2)16(19)18-10-11-6-4-3-5-7-11/h8-9,11H,3-7,10H2,1-2H3,(H,18,19). The van der Waals surface area contributed by atoms with E-state index in [9.17, 15) is 4.79 Å². The van der Waals surface area contributed by atoms with Crippen LogP contribution in [0.2, 0.25) is 5.02 Å². The summed E-state index contributed by atoms with van der Waals surface area (Å²) in [6.45, 7) is 0.727. The Balaban J connectivity index is 2.03. The largest absolute Gasteiger partial charge is 0.493 e. The summed E-state index contributed by atoms with van der Waals surface area (Å²) in [4.78, 5) is 12.2. The zero-order valence-electron chi connectivity index (χ0n) is 12.6. The van der Waals surface area contributed by atoms with Crippen LogP contribution in [-0.2, 0) is 0 Å². The average molecular weight is 312 g/mol. The van der Waals surface area contributed by atoms with Crippen molar-refractivity contribution in [2.45, 2.75) is 32.1 Å². The van der Waals surface area contributed by atoms with Crippen LogP contribution in [0, 0.1) is 5.92 Å². The number of hydrogen-bond acceptors (Lipinski definition) is 3. The highest BCUT2D eigenvalue weighted by atomic mass is 35.5. The van der Waals surface area contributed by atoms with Crippen LogP contribution in [0.5, 0.6) is 11.5 Å². The molecule has 1 aliphatic carbocycles. The molecule has 1 aromatic carbocycles. The van der Waals surface area contributed by atoms with Crippen LogP contribution in [-0.4, -0.2) is 26.7 Å². The van der Waals surface area contributed by atoms with E-state index in [-0.39, 0.29) is 5.91 Å². The Morgan fingerprint density at radius 1 is 1.24 bits per heavy atom. The molecule has 116 valence electrons. The van der Waals surface area contributed by atoms with E-state index in [1.807, 2.05) is 0 Å². The van der Waals surface area contributed by atoms with E-state index < -0.39 is 0 Å². The number of carbonyl (C=O) groups excluding carboxylic acids is 1. The molecular formula is C16H22ClNO3. The van der Waals surface area contributed by atoms with Gasteiger partial charge in [0.05, 0.1) is 19.2 Å². The third-order valence-corrected chi connectivity index (χ3v) is 4.25. The maximum atomic E-state index is 12.2. The third kappa shape index (κ3) is 4.03. The zero-order valence-corrected chi connectivity index (χ0v) is 13.3. The Bertz CT molecular complexity index is 499. The van der Waals surface area contributed by atoms with Gasteiger partial charge in [0.25, 0.3) is 5.91 Å². The van der Waals surface area contributed by atoms with Crippen molar-refractivity contribution in [3.8, 4) is 11.5 Å². The van der Waals surface area contributed by atoms with E-state index in [0.717, 1.165) is 6.54 Å². The van der Waals surface area contributed by atoms with E-state index in [2.05, 4.69) is 5.32 Å². The summed E-state index contributed by atoms with van der Waals surface area (Å²) in [6, 6.07) is 3.26. The number of rotatable bonds is 5. The minimum Gasteiger partial charge on any atom is -0.493 e. The highest BCUT2D eigenvalue weighted by Gasteiger charge is 2.17. The Labute approximate surface area is 130 Å². The molecule has 0 aromatic heterocycles. The SMILES string of the molecule is COc1cc(C(=O)NCC2CCCCC2)cc(Cl)c1OC. The number of amides is 1. The van der Waals surface area contributed by atoms with E-state index in [0.29, 0.717) is 28.0 Å². The summed E-state index contributed by atoms with van der Waals surface area (Å²) in [5.41, 5.74) is 0.494. The van der Waals surface area contributed by atoms with Gasteiger partial charge >= 0.3 is 0 Å². The average Bonchev–Trinajstić information content (AvgIpc) is 2.52. The van der Waals surface area contributed by atoms with Crippen LogP contribution < -0.4 is 14.8 Å². The molecule has 1 amide bonds. The maximum Gasteiger partial charge on any atom is 0.251 e. The second-order valence-electron chi connectivity index (χ2n) is 5.41. The van der Waals surface area contributed by atoms with Gasteiger partial charge < -0.3 is 14.8 Å². The van der Waals surface area contributed by atoms with Gasteiger partial charge in [-0.05, 0) is 30.9 Å². The molecule has 1 aliphatic rings. The van der Waals surface area contributed by atoms with Crippen molar-refractivity contribution >= 4 is 17.5 Å². The first-order valence-electron chi connectivity index (χ1n) is 7.35. The van der Waals surface area contributed by atoms with Crippen LogP contribution in [0.1, 0.15) is 42.5 Å². The highest BCUT2D eigenvalue weighted by molar-refractivity contribution is 6.32. The first kappa shape index (κ1) is 16.0. The highest BCUT2D eigenvalue weighted by Crippen LogP contribution is 2.36. The molecule has 0 radical (unpaired) electrons. The predicted octanol–water partition coefficient (Wildman–Crippen LogP) is 3.67. The number of halogens is 1. The summed E-state index contributed by atoms with van der Waals surface area (Å²) < 4.78 is 10.4. The number of ether oxygens (including phenoxy) is 2. The minimum absolute atomic E-state index is 0.122. The van der Waals surface area contributed by atoms with Crippen LogP contribution in [0.25, 0.3) is 0 Å². The smallest absolute Gasteiger partial charge is 0.251 e.